The summed E-state index contributed by atoms with van der Waals surface area (Å²) < 4.78 is 0. The number of aliphatic carboxylic acids is 1. The number of fused-ring (bicyclic) bond motifs is 1. The predicted molar refractivity (Wildman–Crippen MR) is 107 cm³/mol. The minimum absolute atomic E-state index is 0.236. The summed E-state index contributed by atoms with van der Waals surface area (Å²) in [6.45, 7) is 6.34. The minimum Gasteiger partial charge on any atom is -0.481 e. The van der Waals surface area contributed by atoms with E-state index >= 15 is 0 Å². The summed E-state index contributed by atoms with van der Waals surface area (Å²) in [4.78, 5) is 10.6. The fourth-order valence-corrected chi connectivity index (χ4v) is 4.23. The molecule has 144 valence electrons. The van der Waals surface area contributed by atoms with Crippen LogP contribution in [0.4, 0.5) is 0 Å². The lowest BCUT2D eigenvalue weighted by molar-refractivity contribution is -0.137. The molecule has 3 heteroatoms. The fourth-order valence-electron chi connectivity index (χ4n) is 4.23. The van der Waals surface area contributed by atoms with Crippen molar-refractivity contribution in [3.05, 3.63) is 47.1 Å². The van der Waals surface area contributed by atoms with Crippen LogP contribution in [0.15, 0.2) is 47.1 Å². The van der Waals surface area contributed by atoms with Gasteiger partial charge in [0.1, 0.15) is 0 Å². The highest BCUT2D eigenvalue weighted by molar-refractivity contribution is 5.66. The molecule has 4 atom stereocenters. The zero-order chi connectivity index (χ0) is 19.1. The highest BCUT2D eigenvalue weighted by atomic mass is 16.4. The van der Waals surface area contributed by atoms with E-state index in [2.05, 4.69) is 51.2 Å². The van der Waals surface area contributed by atoms with Crippen molar-refractivity contribution in [2.45, 2.75) is 71.8 Å². The Balaban J connectivity index is 1.86. The minimum atomic E-state index is -0.705. The van der Waals surface area contributed by atoms with Crippen LogP contribution in [-0.2, 0) is 4.79 Å². The summed E-state index contributed by atoms with van der Waals surface area (Å²) >= 11 is 0. The third-order valence-electron chi connectivity index (χ3n) is 5.64. The van der Waals surface area contributed by atoms with Crippen LogP contribution in [0.5, 0.6) is 0 Å². The second-order valence-electron chi connectivity index (χ2n) is 8.16. The van der Waals surface area contributed by atoms with E-state index in [1.807, 2.05) is 0 Å². The van der Waals surface area contributed by atoms with Gasteiger partial charge >= 0.3 is 5.97 Å². The Morgan fingerprint density at radius 3 is 2.69 bits per heavy atom. The van der Waals surface area contributed by atoms with Crippen LogP contribution in [0.2, 0.25) is 0 Å². The monoisotopic (exact) mass is 358 g/mol. The summed E-state index contributed by atoms with van der Waals surface area (Å²) in [5, 5.41) is 19.2. The van der Waals surface area contributed by atoms with E-state index in [9.17, 15) is 9.90 Å². The van der Waals surface area contributed by atoms with E-state index in [-0.39, 0.29) is 18.4 Å². The molecule has 0 aromatic rings. The summed E-state index contributed by atoms with van der Waals surface area (Å²) in [6, 6.07) is 0. The van der Waals surface area contributed by atoms with Crippen molar-refractivity contribution in [3.8, 4) is 0 Å². The van der Waals surface area contributed by atoms with Crippen LogP contribution in [0.1, 0.15) is 65.7 Å². The van der Waals surface area contributed by atoms with Gasteiger partial charge in [0.2, 0.25) is 0 Å². The Kier molecular flexibility index (Phi) is 7.89. The van der Waals surface area contributed by atoms with Crippen LogP contribution >= 0.6 is 0 Å². The third-order valence-corrected chi connectivity index (χ3v) is 5.64. The van der Waals surface area contributed by atoms with Gasteiger partial charge in [-0.05, 0) is 71.1 Å². The highest BCUT2D eigenvalue weighted by Crippen LogP contribution is 2.48. The van der Waals surface area contributed by atoms with E-state index in [1.54, 1.807) is 0 Å². The van der Waals surface area contributed by atoms with Gasteiger partial charge < -0.3 is 10.2 Å². The van der Waals surface area contributed by atoms with Crippen LogP contribution in [-0.4, -0.2) is 22.3 Å². The van der Waals surface area contributed by atoms with Gasteiger partial charge in [-0.2, -0.15) is 0 Å². The number of allylic oxidation sites excluding steroid dienone is 7. The van der Waals surface area contributed by atoms with E-state index in [0.29, 0.717) is 11.8 Å². The van der Waals surface area contributed by atoms with Gasteiger partial charge in [0, 0.05) is 12.3 Å². The molecule has 1 saturated carbocycles. The maximum absolute atomic E-state index is 10.6. The quantitative estimate of drug-likeness (QED) is 0.328. The molecule has 0 bridgehead atoms. The third kappa shape index (κ3) is 6.28. The number of carbonyl (C=O) groups is 1. The SMILES string of the molecule is CC(C)=CC/C=C(C)/C=C/[C@@H]1[C@H]2CC(CCCCC(=O)O)=C[C@H]2C[C@H]1O. The van der Waals surface area contributed by atoms with Crippen molar-refractivity contribution >= 4 is 5.97 Å². The van der Waals surface area contributed by atoms with Gasteiger partial charge in [0.25, 0.3) is 0 Å². The predicted octanol–water partition coefficient (Wildman–Crippen LogP) is 5.43. The standard InChI is InChI=1S/C23H34O3/c1-16(2)7-6-8-17(3)11-12-20-21-14-18(9-4-5-10-23(25)26)13-19(21)15-22(20)24/h7-8,11-13,19-22,24H,4-6,9-10,14-15H2,1-3H3,(H,25,26)/b12-11+,17-8+/t19-,20+,21-,22+/m0/s1. The number of hydrogen-bond acceptors (Lipinski definition) is 2. The molecular formula is C23H34O3. The first-order valence-corrected chi connectivity index (χ1v) is 9.94. The Morgan fingerprint density at radius 2 is 2.00 bits per heavy atom. The number of rotatable bonds is 9. The van der Waals surface area contributed by atoms with E-state index < -0.39 is 5.97 Å². The van der Waals surface area contributed by atoms with Gasteiger partial charge in [0.05, 0.1) is 6.10 Å². The molecule has 0 aromatic carbocycles. The number of carboxylic acids is 1. The Hall–Kier alpha value is -1.61. The lowest BCUT2D eigenvalue weighted by Crippen LogP contribution is -2.17. The molecule has 0 heterocycles. The lowest BCUT2D eigenvalue weighted by Gasteiger charge is -2.18. The van der Waals surface area contributed by atoms with E-state index in [4.69, 9.17) is 5.11 Å². The van der Waals surface area contributed by atoms with Gasteiger partial charge in [-0.3, -0.25) is 4.79 Å². The molecule has 2 N–H and O–H groups in total. The van der Waals surface area contributed by atoms with Crippen molar-refractivity contribution in [2.75, 3.05) is 0 Å². The smallest absolute Gasteiger partial charge is 0.303 e. The Morgan fingerprint density at radius 1 is 1.23 bits per heavy atom. The van der Waals surface area contributed by atoms with Crippen LogP contribution in [0.25, 0.3) is 0 Å². The van der Waals surface area contributed by atoms with Crippen molar-refractivity contribution in [3.63, 3.8) is 0 Å². The summed E-state index contributed by atoms with van der Waals surface area (Å²) in [6.07, 6.45) is 16.8. The molecule has 0 spiro atoms. The molecule has 0 unspecified atom stereocenters. The van der Waals surface area contributed by atoms with Gasteiger partial charge in [-0.15, -0.1) is 0 Å². The van der Waals surface area contributed by atoms with Gasteiger partial charge in [-0.1, -0.05) is 47.1 Å². The van der Waals surface area contributed by atoms with Crippen molar-refractivity contribution in [1.29, 1.82) is 0 Å². The van der Waals surface area contributed by atoms with Crippen LogP contribution in [0.3, 0.4) is 0 Å². The molecule has 0 aliphatic heterocycles. The fraction of sp³-hybridized carbons (Fsp3) is 0.609. The molecule has 0 saturated heterocycles. The topological polar surface area (TPSA) is 57.5 Å². The molecule has 1 fully saturated rings. The first kappa shape index (κ1) is 20.7. The van der Waals surface area contributed by atoms with Crippen molar-refractivity contribution in [2.24, 2.45) is 17.8 Å². The number of carboxylic acid groups (broad SMARTS) is 1. The average Bonchev–Trinajstić information content (AvgIpc) is 3.05. The maximum Gasteiger partial charge on any atom is 0.303 e. The Bertz CT molecular complexity index is 605. The molecule has 2 aliphatic rings. The first-order chi connectivity index (χ1) is 12.4. The van der Waals surface area contributed by atoms with E-state index in [0.717, 1.165) is 38.5 Å². The van der Waals surface area contributed by atoms with Crippen LogP contribution < -0.4 is 0 Å². The molecule has 0 amide bonds. The zero-order valence-electron chi connectivity index (χ0n) is 16.4. The largest absolute Gasteiger partial charge is 0.481 e. The second kappa shape index (κ2) is 9.91. The van der Waals surface area contributed by atoms with Crippen LogP contribution in [0, 0.1) is 17.8 Å². The molecular weight excluding hydrogens is 324 g/mol. The summed E-state index contributed by atoms with van der Waals surface area (Å²) in [5.74, 6) is 0.536. The number of unbranched alkanes of at least 4 members (excludes halogenated alkanes) is 1. The van der Waals surface area contributed by atoms with Crippen molar-refractivity contribution in [1.82, 2.24) is 0 Å². The number of aliphatic hydroxyl groups excluding tert-OH is 1. The maximum atomic E-state index is 10.6. The molecule has 3 nitrogen and oxygen atoms in total. The Labute approximate surface area is 158 Å². The molecule has 2 rings (SSSR count). The summed E-state index contributed by atoms with van der Waals surface area (Å²) in [5.41, 5.74) is 4.05. The molecule has 26 heavy (non-hydrogen) atoms. The molecule has 0 radical (unpaired) electrons. The number of hydrogen-bond donors (Lipinski definition) is 2. The lowest BCUT2D eigenvalue weighted by atomic mass is 9.88. The zero-order valence-corrected chi connectivity index (χ0v) is 16.4. The second-order valence-corrected chi connectivity index (χ2v) is 8.16. The van der Waals surface area contributed by atoms with Crippen molar-refractivity contribution < 1.29 is 15.0 Å². The highest BCUT2D eigenvalue weighted by Gasteiger charge is 2.43. The normalized spacial score (nSPS) is 28.3. The summed E-state index contributed by atoms with van der Waals surface area (Å²) in [7, 11) is 0. The molecule has 0 aromatic heterocycles. The average molecular weight is 359 g/mol. The first-order valence-electron chi connectivity index (χ1n) is 9.94. The molecule has 2 aliphatic carbocycles. The van der Waals surface area contributed by atoms with Gasteiger partial charge in [0.15, 0.2) is 0 Å². The van der Waals surface area contributed by atoms with Gasteiger partial charge in [-0.25, -0.2) is 0 Å². The van der Waals surface area contributed by atoms with E-state index in [1.165, 1.54) is 16.7 Å². The number of aliphatic hydroxyl groups is 1.